The van der Waals surface area contributed by atoms with Crippen LogP contribution in [0, 0.1) is 5.41 Å². The minimum absolute atomic E-state index is 0.814. The molecule has 12 heavy (non-hydrogen) atoms. The zero-order valence-corrected chi connectivity index (χ0v) is 9.65. The van der Waals surface area contributed by atoms with E-state index in [9.17, 15) is 5.11 Å². The molecule has 72 valence electrons. The first kappa shape index (κ1) is 11.8. The molecule has 0 aliphatic carbocycles. The van der Waals surface area contributed by atoms with Crippen LogP contribution < -0.4 is 0 Å². The van der Waals surface area contributed by atoms with Crippen LogP contribution in [0.5, 0.6) is 0 Å². The van der Waals surface area contributed by atoms with E-state index in [-0.39, 0.29) is 0 Å². The molecule has 0 aliphatic heterocycles. The Hall–Kier alpha value is -0.153. The van der Waals surface area contributed by atoms with Gasteiger partial charge < -0.3 is 10.5 Å². The highest BCUT2D eigenvalue weighted by molar-refractivity contribution is 6.84. The van der Waals surface area contributed by atoms with Crippen LogP contribution >= 0.6 is 0 Å². The minimum Gasteiger partial charge on any atom is -0.388 e. The molecule has 3 heteroatoms. The molecule has 0 bridgehead atoms. The molecule has 0 aliphatic rings. The number of hydrogen-bond acceptors (Lipinski definition) is 2. The predicted molar refractivity (Wildman–Crippen MR) is 56.6 cm³/mol. The lowest BCUT2D eigenvalue weighted by atomic mass is 10.4. The molecule has 0 spiro atoms. The topological polar surface area (TPSA) is 44.1 Å². The summed E-state index contributed by atoms with van der Waals surface area (Å²) in [5, 5.41) is 16.5. The normalized spacial score (nSPS) is 17.1. The average Bonchev–Trinajstić information content (AvgIpc) is 2.08. The molecule has 0 heterocycles. The van der Waals surface area contributed by atoms with Crippen molar-refractivity contribution in [3.8, 4) is 0 Å². The van der Waals surface area contributed by atoms with Crippen molar-refractivity contribution in [2.75, 3.05) is 0 Å². The zero-order valence-electron chi connectivity index (χ0n) is 8.65. The van der Waals surface area contributed by atoms with Crippen LogP contribution in [0.3, 0.4) is 0 Å². The molecular formula is C9H21NOSi. The SMILES string of the molecule is CC[Si](CC)(CC)C(C)(O)C=N. The lowest BCUT2D eigenvalue weighted by molar-refractivity contribution is 0.207. The van der Waals surface area contributed by atoms with Gasteiger partial charge in [-0.2, -0.15) is 0 Å². The third-order valence-electron chi connectivity index (χ3n) is 3.39. The monoisotopic (exact) mass is 187 g/mol. The highest BCUT2D eigenvalue weighted by Crippen LogP contribution is 2.30. The molecule has 0 saturated carbocycles. The van der Waals surface area contributed by atoms with E-state index in [2.05, 4.69) is 20.8 Å². The zero-order chi connectivity index (χ0) is 9.83. The van der Waals surface area contributed by atoms with Crippen molar-refractivity contribution >= 4 is 14.3 Å². The van der Waals surface area contributed by atoms with Gasteiger partial charge in [0.05, 0.1) is 13.3 Å². The van der Waals surface area contributed by atoms with Crippen molar-refractivity contribution < 1.29 is 5.11 Å². The Morgan fingerprint density at radius 2 is 1.58 bits per heavy atom. The lowest BCUT2D eigenvalue weighted by Crippen LogP contribution is -2.56. The second kappa shape index (κ2) is 4.19. The van der Waals surface area contributed by atoms with Crippen molar-refractivity contribution in [1.29, 1.82) is 5.41 Å². The Balaban J connectivity index is 4.81. The predicted octanol–water partition coefficient (Wildman–Crippen LogP) is 2.43. The van der Waals surface area contributed by atoms with E-state index in [1.807, 2.05) is 0 Å². The summed E-state index contributed by atoms with van der Waals surface area (Å²) in [6.45, 7) is 8.20. The first-order chi connectivity index (χ1) is 5.49. The Morgan fingerprint density at radius 1 is 1.25 bits per heavy atom. The summed E-state index contributed by atoms with van der Waals surface area (Å²) in [7, 11) is -1.63. The maximum Gasteiger partial charge on any atom is 0.0969 e. The summed E-state index contributed by atoms with van der Waals surface area (Å²) in [5.74, 6) is 0. The molecule has 0 fully saturated rings. The fraction of sp³-hybridized carbons (Fsp3) is 0.889. The molecule has 0 saturated heterocycles. The third kappa shape index (κ3) is 1.77. The van der Waals surface area contributed by atoms with E-state index >= 15 is 0 Å². The lowest BCUT2D eigenvalue weighted by Gasteiger charge is -2.39. The van der Waals surface area contributed by atoms with Gasteiger partial charge in [0.25, 0.3) is 0 Å². The summed E-state index contributed by atoms with van der Waals surface area (Å²) >= 11 is 0. The highest BCUT2D eigenvalue weighted by atomic mass is 28.3. The van der Waals surface area contributed by atoms with E-state index in [4.69, 9.17) is 5.41 Å². The molecule has 0 rings (SSSR count). The van der Waals surface area contributed by atoms with Gasteiger partial charge in [0.15, 0.2) is 0 Å². The number of nitrogens with one attached hydrogen (secondary N) is 1. The van der Waals surface area contributed by atoms with E-state index in [0.717, 1.165) is 18.1 Å². The Morgan fingerprint density at radius 3 is 1.67 bits per heavy atom. The van der Waals surface area contributed by atoms with Crippen LogP contribution in [-0.2, 0) is 0 Å². The molecule has 0 aromatic rings. The second-order valence-corrected chi connectivity index (χ2v) is 9.33. The number of hydrogen-bond donors (Lipinski definition) is 2. The molecule has 0 aromatic heterocycles. The summed E-state index contributed by atoms with van der Waals surface area (Å²) in [5.41, 5.74) is 0. The van der Waals surface area contributed by atoms with Crippen molar-refractivity contribution in [2.24, 2.45) is 0 Å². The standard InChI is InChI=1S/C9H21NOSi/c1-5-12(6-2,7-3)9(4,11)8-10/h8,10-11H,5-7H2,1-4H3. The van der Waals surface area contributed by atoms with Gasteiger partial charge in [-0.15, -0.1) is 0 Å². The number of rotatable bonds is 5. The van der Waals surface area contributed by atoms with Gasteiger partial charge in [-0.1, -0.05) is 38.9 Å². The molecule has 1 atom stereocenters. The van der Waals surface area contributed by atoms with Crippen molar-refractivity contribution in [1.82, 2.24) is 0 Å². The van der Waals surface area contributed by atoms with Gasteiger partial charge in [-0.05, 0) is 6.92 Å². The fourth-order valence-electron chi connectivity index (χ4n) is 1.98. The number of aliphatic hydroxyl groups is 1. The summed E-state index contributed by atoms with van der Waals surface area (Å²) in [6, 6.07) is 3.17. The van der Waals surface area contributed by atoms with E-state index in [1.54, 1.807) is 6.92 Å². The van der Waals surface area contributed by atoms with Crippen molar-refractivity contribution in [3.05, 3.63) is 0 Å². The van der Waals surface area contributed by atoms with Crippen LogP contribution in [0.1, 0.15) is 27.7 Å². The van der Waals surface area contributed by atoms with E-state index < -0.39 is 13.3 Å². The van der Waals surface area contributed by atoms with Crippen LogP contribution in [0.2, 0.25) is 18.1 Å². The summed E-state index contributed by atoms with van der Waals surface area (Å²) in [4.78, 5) is 0. The van der Waals surface area contributed by atoms with E-state index in [1.165, 1.54) is 6.21 Å². The van der Waals surface area contributed by atoms with E-state index in [0.29, 0.717) is 0 Å². The van der Waals surface area contributed by atoms with Crippen molar-refractivity contribution in [2.45, 2.75) is 51.1 Å². The van der Waals surface area contributed by atoms with Gasteiger partial charge in [-0.3, -0.25) is 0 Å². The van der Waals surface area contributed by atoms with Crippen LogP contribution in [0.25, 0.3) is 0 Å². The maximum absolute atomic E-state index is 10.1. The third-order valence-corrected chi connectivity index (χ3v) is 9.74. The maximum atomic E-state index is 10.1. The van der Waals surface area contributed by atoms with Crippen molar-refractivity contribution in [3.63, 3.8) is 0 Å². The molecule has 2 nitrogen and oxygen atoms in total. The quantitative estimate of drug-likeness (QED) is 0.504. The first-order valence-corrected chi connectivity index (χ1v) is 7.35. The van der Waals surface area contributed by atoms with Crippen LogP contribution in [0.4, 0.5) is 0 Å². The fourth-order valence-corrected chi connectivity index (χ4v) is 5.93. The van der Waals surface area contributed by atoms with Gasteiger partial charge in [0.1, 0.15) is 0 Å². The highest BCUT2D eigenvalue weighted by Gasteiger charge is 2.43. The second-order valence-electron chi connectivity index (χ2n) is 3.63. The molecule has 0 aromatic carbocycles. The molecule has 1 unspecified atom stereocenters. The Labute approximate surface area is 76.5 Å². The van der Waals surface area contributed by atoms with Gasteiger partial charge >= 0.3 is 0 Å². The summed E-state index contributed by atoms with van der Waals surface area (Å²) in [6.07, 6.45) is 1.23. The average molecular weight is 187 g/mol. The molecule has 0 amide bonds. The largest absolute Gasteiger partial charge is 0.388 e. The van der Waals surface area contributed by atoms with Gasteiger partial charge in [0, 0.05) is 6.21 Å². The smallest absolute Gasteiger partial charge is 0.0969 e. The molecule has 2 N–H and O–H groups in total. The Bertz CT molecular complexity index is 144. The summed E-state index contributed by atoms with van der Waals surface area (Å²) < 4.78 is 0. The molecule has 0 radical (unpaired) electrons. The van der Waals surface area contributed by atoms with Crippen LogP contribution in [-0.4, -0.2) is 24.6 Å². The van der Waals surface area contributed by atoms with Gasteiger partial charge in [0.2, 0.25) is 0 Å². The first-order valence-electron chi connectivity index (χ1n) is 4.73. The minimum atomic E-state index is -1.63. The van der Waals surface area contributed by atoms with Gasteiger partial charge in [-0.25, -0.2) is 0 Å². The van der Waals surface area contributed by atoms with Crippen LogP contribution in [0.15, 0.2) is 0 Å². The molecular weight excluding hydrogens is 166 g/mol. The Kier molecular flexibility index (Phi) is 4.13.